The lowest BCUT2D eigenvalue weighted by molar-refractivity contribution is -0.120. The third-order valence-electron chi connectivity index (χ3n) is 5.04. The first-order valence-electron chi connectivity index (χ1n) is 10.3. The number of anilines is 1. The number of aryl methyl sites for hydroxylation is 1. The van der Waals surface area contributed by atoms with Gasteiger partial charge >= 0.3 is 0 Å². The molecule has 2 amide bonds. The zero-order chi connectivity index (χ0) is 21.3. The van der Waals surface area contributed by atoms with Crippen LogP contribution in [0.15, 0.2) is 42.5 Å². The molecule has 1 heterocycles. The maximum Gasteiger partial charge on any atom is 0.269 e. The zero-order valence-electron chi connectivity index (χ0n) is 17.6. The van der Waals surface area contributed by atoms with Gasteiger partial charge < -0.3 is 14.4 Å². The van der Waals surface area contributed by atoms with E-state index in [9.17, 15) is 9.59 Å². The van der Waals surface area contributed by atoms with E-state index in [0.717, 1.165) is 37.9 Å². The first kappa shape index (κ1) is 21.5. The van der Waals surface area contributed by atoms with Crippen molar-refractivity contribution in [3.63, 3.8) is 0 Å². The van der Waals surface area contributed by atoms with E-state index >= 15 is 0 Å². The molecule has 0 bridgehead atoms. The molecule has 0 unspecified atom stereocenters. The topological polar surface area (TPSA) is 79.9 Å². The van der Waals surface area contributed by atoms with Crippen LogP contribution in [-0.2, 0) is 11.2 Å². The number of methoxy groups -OCH3 is 1. The Bertz CT molecular complexity index is 885. The summed E-state index contributed by atoms with van der Waals surface area (Å²) in [5.41, 5.74) is 7.67. The highest BCUT2D eigenvalue weighted by Gasteiger charge is 2.19. The predicted octanol–water partition coefficient (Wildman–Crippen LogP) is 3.09. The Balaban J connectivity index is 1.54. The van der Waals surface area contributed by atoms with Gasteiger partial charge in [0.15, 0.2) is 11.5 Å². The fraction of sp³-hybridized carbons (Fsp3) is 0.391. The van der Waals surface area contributed by atoms with Gasteiger partial charge in [-0.15, -0.1) is 0 Å². The average molecular weight is 412 g/mol. The molecule has 160 valence electrons. The molecule has 1 aliphatic heterocycles. The van der Waals surface area contributed by atoms with Crippen molar-refractivity contribution >= 4 is 17.5 Å². The van der Waals surface area contributed by atoms with E-state index in [-0.39, 0.29) is 12.5 Å². The molecule has 0 spiro atoms. The Kier molecular flexibility index (Phi) is 7.54. The first-order chi connectivity index (χ1) is 14.6. The lowest BCUT2D eigenvalue weighted by Gasteiger charge is -2.30. The van der Waals surface area contributed by atoms with Crippen LogP contribution in [0.2, 0.25) is 0 Å². The SMILES string of the molecule is CCCCOc1ccc(C(=O)NNC(=O)CN2CCCc3ccccc32)cc1OC. The highest BCUT2D eigenvalue weighted by atomic mass is 16.5. The normalized spacial score (nSPS) is 12.7. The van der Waals surface area contributed by atoms with Crippen molar-refractivity contribution in [1.29, 1.82) is 0 Å². The van der Waals surface area contributed by atoms with Gasteiger partial charge in [-0.2, -0.15) is 0 Å². The Morgan fingerprint density at radius 1 is 1.10 bits per heavy atom. The standard InChI is InChI=1S/C23H29N3O4/c1-3-4-14-30-20-12-11-18(15-21(20)29-2)23(28)25-24-22(27)16-26-13-7-9-17-8-5-6-10-19(17)26/h5-6,8,10-12,15H,3-4,7,9,13-14,16H2,1-2H3,(H,24,27)(H,25,28). The molecule has 0 aliphatic carbocycles. The van der Waals surface area contributed by atoms with Gasteiger partial charge in [-0.25, -0.2) is 0 Å². The molecule has 0 radical (unpaired) electrons. The van der Waals surface area contributed by atoms with E-state index in [0.29, 0.717) is 23.7 Å². The highest BCUT2D eigenvalue weighted by molar-refractivity contribution is 5.96. The third kappa shape index (κ3) is 5.43. The quantitative estimate of drug-likeness (QED) is 0.515. The molecule has 7 nitrogen and oxygen atoms in total. The van der Waals surface area contributed by atoms with Crippen molar-refractivity contribution in [2.45, 2.75) is 32.6 Å². The molecule has 0 fully saturated rings. The van der Waals surface area contributed by atoms with Crippen LogP contribution in [0.1, 0.15) is 42.1 Å². The van der Waals surface area contributed by atoms with Gasteiger partial charge in [0.2, 0.25) is 0 Å². The first-order valence-corrected chi connectivity index (χ1v) is 10.3. The number of rotatable bonds is 8. The number of carbonyl (C=O) groups is 2. The summed E-state index contributed by atoms with van der Waals surface area (Å²) in [7, 11) is 1.53. The predicted molar refractivity (Wildman–Crippen MR) is 116 cm³/mol. The number of amides is 2. The lowest BCUT2D eigenvalue weighted by Crippen LogP contribution is -2.47. The molecule has 2 aromatic rings. The number of nitrogens with zero attached hydrogens (tertiary/aromatic N) is 1. The van der Waals surface area contributed by atoms with Gasteiger partial charge in [0.05, 0.1) is 20.3 Å². The summed E-state index contributed by atoms with van der Waals surface area (Å²) in [4.78, 5) is 26.8. The van der Waals surface area contributed by atoms with E-state index < -0.39 is 5.91 Å². The summed E-state index contributed by atoms with van der Waals surface area (Å²) in [6.07, 6.45) is 4.00. The third-order valence-corrected chi connectivity index (χ3v) is 5.04. The molecule has 0 atom stereocenters. The molecule has 3 rings (SSSR count). The molecule has 7 heteroatoms. The van der Waals surface area contributed by atoms with Gasteiger partial charge in [-0.1, -0.05) is 31.5 Å². The number of unbranched alkanes of at least 4 members (excludes halogenated alkanes) is 1. The van der Waals surface area contributed by atoms with Gasteiger partial charge in [0.1, 0.15) is 0 Å². The van der Waals surface area contributed by atoms with Crippen LogP contribution in [0.3, 0.4) is 0 Å². The number of hydrogen-bond acceptors (Lipinski definition) is 5. The molecule has 2 N–H and O–H groups in total. The van der Waals surface area contributed by atoms with Crippen LogP contribution in [0.25, 0.3) is 0 Å². The van der Waals surface area contributed by atoms with E-state index in [1.165, 1.54) is 12.7 Å². The smallest absolute Gasteiger partial charge is 0.269 e. The van der Waals surface area contributed by atoms with Crippen LogP contribution in [-0.4, -0.2) is 38.6 Å². The molecular weight excluding hydrogens is 382 g/mol. The maximum absolute atomic E-state index is 12.4. The summed E-state index contributed by atoms with van der Waals surface area (Å²) >= 11 is 0. The van der Waals surface area contributed by atoms with E-state index in [2.05, 4.69) is 23.8 Å². The lowest BCUT2D eigenvalue weighted by atomic mass is 10.0. The second kappa shape index (κ2) is 10.5. The van der Waals surface area contributed by atoms with Gasteiger partial charge in [0.25, 0.3) is 11.8 Å². The van der Waals surface area contributed by atoms with Crippen LogP contribution >= 0.6 is 0 Å². The summed E-state index contributed by atoms with van der Waals surface area (Å²) in [6, 6.07) is 13.0. The summed E-state index contributed by atoms with van der Waals surface area (Å²) < 4.78 is 11.0. The number of benzene rings is 2. The van der Waals surface area contributed by atoms with Gasteiger partial charge in [-0.3, -0.25) is 20.4 Å². The average Bonchev–Trinajstić information content (AvgIpc) is 2.78. The van der Waals surface area contributed by atoms with Crippen molar-refractivity contribution < 1.29 is 19.1 Å². The molecule has 0 saturated heterocycles. The molecule has 1 aliphatic rings. The van der Waals surface area contributed by atoms with Gasteiger partial charge in [0, 0.05) is 17.8 Å². The molecule has 0 saturated carbocycles. The highest BCUT2D eigenvalue weighted by Crippen LogP contribution is 2.28. The van der Waals surface area contributed by atoms with Crippen molar-refractivity contribution in [2.75, 3.05) is 31.7 Å². The van der Waals surface area contributed by atoms with E-state index in [1.807, 2.05) is 23.1 Å². The molecule has 2 aromatic carbocycles. The number of fused-ring (bicyclic) bond motifs is 1. The zero-order valence-corrected chi connectivity index (χ0v) is 17.6. The fourth-order valence-corrected chi connectivity index (χ4v) is 3.44. The van der Waals surface area contributed by atoms with E-state index in [1.54, 1.807) is 18.2 Å². The largest absolute Gasteiger partial charge is 0.493 e. The van der Waals surface area contributed by atoms with Crippen LogP contribution in [0.4, 0.5) is 5.69 Å². The number of hydrogen-bond donors (Lipinski definition) is 2. The van der Waals surface area contributed by atoms with Crippen molar-refractivity contribution in [1.82, 2.24) is 10.9 Å². The fourth-order valence-electron chi connectivity index (χ4n) is 3.44. The van der Waals surface area contributed by atoms with Crippen LogP contribution < -0.4 is 25.2 Å². The number of carbonyl (C=O) groups excluding carboxylic acids is 2. The monoisotopic (exact) mass is 411 g/mol. The maximum atomic E-state index is 12.4. The van der Waals surface area contributed by atoms with Crippen molar-refractivity contribution in [3.05, 3.63) is 53.6 Å². The summed E-state index contributed by atoms with van der Waals surface area (Å²) in [6.45, 7) is 3.68. The minimum atomic E-state index is -0.416. The Morgan fingerprint density at radius 3 is 2.73 bits per heavy atom. The Hall–Kier alpha value is -3.22. The van der Waals surface area contributed by atoms with Crippen LogP contribution in [0.5, 0.6) is 11.5 Å². The molecule has 30 heavy (non-hydrogen) atoms. The van der Waals surface area contributed by atoms with Crippen molar-refractivity contribution in [2.24, 2.45) is 0 Å². The number of hydrazine groups is 1. The number of para-hydroxylation sites is 1. The number of nitrogens with one attached hydrogen (secondary N) is 2. The Morgan fingerprint density at radius 2 is 1.93 bits per heavy atom. The number of ether oxygens (including phenoxy) is 2. The second-order valence-corrected chi connectivity index (χ2v) is 7.22. The molecular formula is C23H29N3O4. The van der Waals surface area contributed by atoms with E-state index in [4.69, 9.17) is 9.47 Å². The van der Waals surface area contributed by atoms with Crippen LogP contribution in [0, 0.1) is 0 Å². The minimum Gasteiger partial charge on any atom is -0.493 e. The molecule has 0 aromatic heterocycles. The summed E-state index contributed by atoms with van der Waals surface area (Å²) in [5.74, 6) is 0.387. The van der Waals surface area contributed by atoms with Gasteiger partial charge in [-0.05, 0) is 49.1 Å². The second-order valence-electron chi connectivity index (χ2n) is 7.22. The Labute approximate surface area is 177 Å². The minimum absolute atomic E-state index is 0.185. The summed E-state index contributed by atoms with van der Waals surface area (Å²) in [5, 5.41) is 0. The van der Waals surface area contributed by atoms with Crippen molar-refractivity contribution in [3.8, 4) is 11.5 Å².